The molecule has 2 heterocycles. The van der Waals surface area contributed by atoms with Crippen LogP contribution in [0.5, 0.6) is 5.75 Å². The fourth-order valence-corrected chi connectivity index (χ4v) is 2.78. The van der Waals surface area contributed by atoms with E-state index in [0.717, 1.165) is 21.9 Å². The number of hydrazone groups is 1. The number of aromatic amines is 1. The van der Waals surface area contributed by atoms with Crippen molar-refractivity contribution in [3.63, 3.8) is 0 Å². The summed E-state index contributed by atoms with van der Waals surface area (Å²) in [7, 11) is 1.62. The van der Waals surface area contributed by atoms with E-state index in [0.29, 0.717) is 11.4 Å². The Morgan fingerprint density at radius 3 is 2.75 bits per heavy atom. The highest BCUT2D eigenvalue weighted by atomic mass is 32.1. The fraction of sp³-hybridized carbons (Fsp3) is 0.118. The Morgan fingerprint density at radius 2 is 2.08 bits per heavy atom. The lowest BCUT2D eigenvalue weighted by Crippen LogP contribution is -2.19. The van der Waals surface area contributed by atoms with Crippen LogP contribution >= 0.6 is 11.3 Å². The summed E-state index contributed by atoms with van der Waals surface area (Å²) >= 11 is 1.58. The van der Waals surface area contributed by atoms with Crippen LogP contribution in [0.25, 0.3) is 10.6 Å². The van der Waals surface area contributed by atoms with Gasteiger partial charge in [0.1, 0.15) is 5.75 Å². The third-order valence-electron chi connectivity index (χ3n) is 3.43. The Kier molecular flexibility index (Phi) is 4.72. The second kappa shape index (κ2) is 7.10. The molecule has 1 aromatic carbocycles. The second-order valence-electron chi connectivity index (χ2n) is 5.01. The molecule has 0 radical (unpaired) electrons. The number of H-pyrrole nitrogens is 1. The number of aromatic nitrogens is 2. The second-order valence-corrected chi connectivity index (χ2v) is 5.96. The maximum Gasteiger partial charge on any atom is 0.291 e. The summed E-state index contributed by atoms with van der Waals surface area (Å²) in [6.45, 7) is 1.82. The molecule has 3 rings (SSSR count). The van der Waals surface area contributed by atoms with Crippen LogP contribution in [0.1, 0.15) is 23.0 Å². The van der Waals surface area contributed by atoms with Crippen molar-refractivity contribution in [2.75, 3.05) is 7.11 Å². The molecule has 2 N–H and O–H groups in total. The van der Waals surface area contributed by atoms with Gasteiger partial charge in [-0.1, -0.05) is 6.07 Å². The van der Waals surface area contributed by atoms with Crippen molar-refractivity contribution in [3.05, 3.63) is 59.1 Å². The zero-order valence-corrected chi connectivity index (χ0v) is 14.1. The molecule has 2 aromatic heterocycles. The largest absolute Gasteiger partial charge is 0.497 e. The molecule has 0 bridgehead atoms. The molecule has 1 amide bonds. The molecule has 7 heteroatoms. The van der Waals surface area contributed by atoms with Crippen LogP contribution in [-0.2, 0) is 0 Å². The highest BCUT2D eigenvalue weighted by Gasteiger charge is 2.11. The highest BCUT2D eigenvalue weighted by Crippen LogP contribution is 2.22. The summed E-state index contributed by atoms with van der Waals surface area (Å²) in [5.74, 6) is 0.412. The smallest absolute Gasteiger partial charge is 0.291 e. The fourth-order valence-electron chi connectivity index (χ4n) is 2.08. The summed E-state index contributed by atoms with van der Waals surface area (Å²) in [5, 5.41) is 13.0. The van der Waals surface area contributed by atoms with E-state index in [1.165, 1.54) is 0 Å². The van der Waals surface area contributed by atoms with Crippen molar-refractivity contribution >= 4 is 23.0 Å². The van der Waals surface area contributed by atoms with Crippen LogP contribution in [0.2, 0.25) is 0 Å². The van der Waals surface area contributed by atoms with Crippen molar-refractivity contribution in [2.24, 2.45) is 5.10 Å². The lowest BCUT2D eigenvalue weighted by molar-refractivity contribution is 0.0950. The number of rotatable bonds is 5. The predicted molar refractivity (Wildman–Crippen MR) is 94.6 cm³/mol. The van der Waals surface area contributed by atoms with E-state index >= 15 is 0 Å². The number of benzene rings is 1. The Balaban J connectivity index is 1.68. The van der Waals surface area contributed by atoms with Crippen LogP contribution < -0.4 is 10.2 Å². The summed E-state index contributed by atoms with van der Waals surface area (Å²) in [5.41, 5.74) is 5.23. The number of nitrogens with zero attached hydrogens (tertiary/aromatic N) is 2. The maximum atomic E-state index is 12.1. The standard InChI is InChI=1S/C17H16N4O2S/c1-11(12-5-7-13(23-2)8-6-12)18-21-17(22)15-10-14(19-20-15)16-4-3-9-24-16/h3-10H,1-2H3,(H,19,20)(H,21,22)/b18-11-. The molecule has 0 unspecified atom stereocenters. The van der Waals surface area contributed by atoms with E-state index in [-0.39, 0.29) is 5.91 Å². The predicted octanol–water partition coefficient (Wildman–Crippen LogP) is 3.30. The quantitative estimate of drug-likeness (QED) is 0.552. The first-order chi connectivity index (χ1) is 11.7. The molecule has 0 spiro atoms. The van der Waals surface area contributed by atoms with E-state index in [2.05, 4.69) is 20.7 Å². The number of nitrogens with one attached hydrogen (secondary N) is 2. The first kappa shape index (κ1) is 15.9. The third kappa shape index (κ3) is 3.52. The molecule has 3 aromatic rings. The molecule has 0 fully saturated rings. The SMILES string of the molecule is COc1ccc(/C(C)=N\NC(=O)c2cc(-c3cccs3)[nH]n2)cc1. The monoisotopic (exact) mass is 340 g/mol. The van der Waals surface area contributed by atoms with Gasteiger partial charge in [-0.3, -0.25) is 9.89 Å². The van der Waals surface area contributed by atoms with Crippen molar-refractivity contribution in [1.29, 1.82) is 0 Å². The lowest BCUT2D eigenvalue weighted by Gasteiger charge is -2.03. The molecule has 0 saturated carbocycles. The summed E-state index contributed by atoms with van der Waals surface area (Å²) in [6, 6.07) is 13.1. The molecule has 24 heavy (non-hydrogen) atoms. The number of hydrogen-bond donors (Lipinski definition) is 2. The van der Waals surface area contributed by atoms with E-state index in [1.807, 2.05) is 48.7 Å². The van der Waals surface area contributed by atoms with Gasteiger partial charge in [0.2, 0.25) is 0 Å². The number of methoxy groups -OCH3 is 1. The van der Waals surface area contributed by atoms with Crippen LogP contribution in [0.3, 0.4) is 0 Å². The van der Waals surface area contributed by atoms with Gasteiger partial charge in [-0.15, -0.1) is 11.3 Å². The van der Waals surface area contributed by atoms with Gasteiger partial charge in [0.05, 0.1) is 23.4 Å². The molecule has 6 nitrogen and oxygen atoms in total. The van der Waals surface area contributed by atoms with Crippen molar-refractivity contribution in [3.8, 4) is 16.3 Å². The molecule has 0 aliphatic carbocycles. The van der Waals surface area contributed by atoms with Crippen molar-refractivity contribution in [1.82, 2.24) is 15.6 Å². The average molecular weight is 340 g/mol. The third-order valence-corrected chi connectivity index (χ3v) is 4.33. The van der Waals surface area contributed by atoms with E-state index in [9.17, 15) is 4.79 Å². The number of ether oxygens (including phenoxy) is 1. The van der Waals surface area contributed by atoms with E-state index < -0.39 is 0 Å². The van der Waals surface area contributed by atoms with Crippen molar-refractivity contribution in [2.45, 2.75) is 6.92 Å². The van der Waals surface area contributed by atoms with Gasteiger partial charge < -0.3 is 4.74 Å². The molecule has 122 valence electrons. The first-order valence-corrected chi connectivity index (χ1v) is 8.13. The van der Waals surface area contributed by atoms with Gasteiger partial charge in [-0.2, -0.15) is 10.2 Å². The summed E-state index contributed by atoms with van der Waals surface area (Å²) < 4.78 is 5.12. The normalized spacial score (nSPS) is 11.3. The van der Waals surface area contributed by atoms with Gasteiger partial charge >= 0.3 is 0 Å². The zero-order valence-electron chi connectivity index (χ0n) is 13.2. The van der Waals surface area contributed by atoms with Crippen LogP contribution in [0.4, 0.5) is 0 Å². The number of hydrogen-bond acceptors (Lipinski definition) is 5. The minimum atomic E-state index is -0.359. The number of amides is 1. The van der Waals surface area contributed by atoms with Crippen LogP contribution in [-0.4, -0.2) is 28.9 Å². The molecule has 0 aliphatic rings. The summed E-state index contributed by atoms with van der Waals surface area (Å²) in [4.78, 5) is 13.2. The van der Waals surface area contributed by atoms with Gasteiger partial charge in [-0.05, 0) is 54.3 Å². The molecular weight excluding hydrogens is 324 g/mol. The Morgan fingerprint density at radius 1 is 1.29 bits per heavy atom. The summed E-state index contributed by atoms with van der Waals surface area (Å²) in [6.07, 6.45) is 0. The van der Waals surface area contributed by atoms with E-state index in [4.69, 9.17) is 4.74 Å². The molecular formula is C17H16N4O2S. The van der Waals surface area contributed by atoms with Gasteiger partial charge in [0.15, 0.2) is 5.69 Å². The average Bonchev–Trinajstić information content (AvgIpc) is 3.30. The minimum Gasteiger partial charge on any atom is -0.497 e. The Hall–Kier alpha value is -2.93. The number of thiophene rings is 1. The Bertz CT molecular complexity index is 851. The Labute approximate surface area is 143 Å². The minimum absolute atomic E-state index is 0.296. The molecule has 0 atom stereocenters. The van der Waals surface area contributed by atoms with Gasteiger partial charge in [-0.25, -0.2) is 5.43 Å². The topological polar surface area (TPSA) is 79.4 Å². The number of carbonyl (C=O) groups is 1. The zero-order chi connectivity index (χ0) is 16.9. The first-order valence-electron chi connectivity index (χ1n) is 7.25. The van der Waals surface area contributed by atoms with Crippen LogP contribution in [0.15, 0.2) is 52.9 Å². The van der Waals surface area contributed by atoms with Gasteiger partial charge in [0, 0.05) is 0 Å². The molecule has 0 saturated heterocycles. The molecule has 0 aliphatic heterocycles. The number of carbonyl (C=O) groups excluding carboxylic acids is 1. The van der Waals surface area contributed by atoms with Crippen LogP contribution in [0, 0.1) is 0 Å². The maximum absolute atomic E-state index is 12.1. The van der Waals surface area contributed by atoms with Gasteiger partial charge in [0.25, 0.3) is 5.91 Å². The highest BCUT2D eigenvalue weighted by molar-refractivity contribution is 7.13. The van der Waals surface area contributed by atoms with E-state index in [1.54, 1.807) is 24.5 Å². The van der Waals surface area contributed by atoms with Crippen molar-refractivity contribution < 1.29 is 9.53 Å². The lowest BCUT2D eigenvalue weighted by atomic mass is 10.1.